The number of amides is 1. The summed E-state index contributed by atoms with van der Waals surface area (Å²) in [6.45, 7) is 0. The second kappa shape index (κ2) is 6.46. The standard InChI is InChI=1S/C22H18N6O2/c1-27-18-4-2-3-5-19(18)28(22(27)30)14-6-12-8-20(25-11-16(12)17(24)9-14)26-21(29)15-7-13(15)10-23/h2-6,8-9,11,13,15H,7,24H2,1H3,(H,25,26,29)/t13-,15+/m0/s1. The van der Waals surface area contributed by atoms with E-state index in [4.69, 9.17) is 11.0 Å². The lowest BCUT2D eigenvalue weighted by Gasteiger charge is -2.10. The van der Waals surface area contributed by atoms with Crippen molar-refractivity contribution in [3.05, 3.63) is 59.1 Å². The number of imidazole rings is 1. The lowest BCUT2D eigenvalue weighted by atomic mass is 10.1. The van der Waals surface area contributed by atoms with Gasteiger partial charge in [0, 0.05) is 24.3 Å². The SMILES string of the molecule is Cn1c(=O)n(-c2cc(N)c3cnc(NC(=O)[C@@H]4C[C@H]4C#N)cc3c2)c2ccccc21. The number of benzene rings is 2. The third-order valence-electron chi connectivity index (χ3n) is 5.62. The molecule has 4 aromatic rings. The average Bonchev–Trinajstić information content (AvgIpc) is 3.49. The Hall–Kier alpha value is -4.12. The van der Waals surface area contributed by atoms with Crippen LogP contribution < -0.4 is 16.7 Å². The first-order valence-corrected chi connectivity index (χ1v) is 9.54. The van der Waals surface area contributed by atoms with Gasteiger partial charge in [0.15, 0.2) is 0 Å². The van der Waals surface area contributed by atoms with Gasteiger partial charge in [-0.25, -0.2) is 9.78 Å². The Morgan fingerprint density at radius 1 is 1.27 bits per heavy atom. The largest absolute Gasteiger partial charge is 0.398 e. The summed E-state index contributed by atoms with van der Waals surface area (Å²) >= 11 is 0. The maximum atomic E-state index is 12.9. The molecule has 148 valence electrons. The minimum absolute atomic E-state index is 0.172. The molecule has 0 radical (unpaired) electrons. The summed E-state index contributed by atoms with van der Waals surface area (Å²) < 4.78 is 3.21. The number of nitrogen functional groups attached to an aromatic ring is 1. The molecule has 2 heterocycles. The van der Waals surface area contributed by atoms with Gasteiger partial charge >= 0.3 is 5.69 Å². The van der Waals surface area contributed by atoms with Crippen LogP contribution in [-0.4, -0.2) is 20.0 Å². The Kier molecular flexibility index (Phi) is 3.86. The summed E-state index contributed by atoms with van der Waals surface area (Å²) in [5.41, 5.74) is 8.80. The highest BCUT2D eigenvalue weighted by Crippen LogP contribution is 2.38. The fraction of sp³-hybridized carbons (Fsp3) is 0.182. The molecular weight excluding hydrogens is 380 g/mol. The van der Waals surface area contributed by atoms with Gasteiger partial charge in [0.25, 0.3) is 0 Å². The lowest BCUT2D eigenvalue weighted by molar-refractivity contribution is -0.117. The van der Waals surface area contributed by atoms with E-state index in [2.05, 4.69) is 16.4 Å². The highest BCUT2D eigenvalue weighted by Gasteiger charge is 2.43. The highest BCUT2D eigenvalue weighted by atomic mass is 16.2. The van der Waals surface area contributed by atoms with Gasteiger partial charge in [0.1, 0.15) is 5.82 Å². The van der Waals surface area contributed by atoms with Crippen LogP contribution in [0.3, 0.4) is 0 Å². The fourth-order valence-corrected chi connectivity index (χ4v) is 3.86. The molecule has 1 fully saturated rings. The number of fused-ring (bicyclic) bond motifs is 2. The Balaban J connectivity index is 1.60. The Morgan fingerprint density at radius 2 is 2.03 bits per heavy atom. The minimum Gasteiger partial charge on any atom is -0.398 e. The molecular formula is C22H18N6O2. The smallest absolute Gasteiger partial charge is 0.333 e. The van der Waals surface area contributed by atoms with Gasteiger partial charge < -0.3 is 11.1 Å². The van der Waals surface area contributed by atoms with Crippen molar-refractivity contribution in [2.24, 2.45) is 18.9 Å². The van der Waals surface area contributed by atoms with Crippen LogP contribution in [0.5, 0.6) is 0 Å². The van der Waals surface area contributed by atoms with E-state index in [-0.39, 0.29) is 23.4 Å². The molecule has 2 atom stereocenters. The number of hydrogen-bond acceptors (Lipinski definition) is 5. The zero-order valence-corrected chi connectivity index (χ0v) is 16.2. The molecule has 0 bridgehead atoms. The summed E-state index contributed by atoms with van der Waals surface area (Å²) in [7, 11) is 1.73. The number of nitrogens with one attached hydrogen (secondary N) is 1. The third-order valence-corrected chi connectivity index (χ3v) is 5.62. The second-order valence-corrected chi connectivity index (χ2v) is 7.56. The van der Waals surface area contributed by atoms with E-state index in [0.29, 0.717) is 23.6 Å². The first-order valence-electron chi connectivity index (χ1n) is 9.54. The van der Waals surface area contributed by atoms with Crippen molar-refractivity contribution in [1.82, 2.24) is 14.1 Å². The number of anilines is 2. The molecule has 5 rings (SSSR count). The number of aryl methyl sites for hydroxylation is 1. The summed E-state index contributed by atoms with van der Waals surface area (Å²) in [5, 5.41) is 13.2. The molecule has 1 aliphatic rings. The molecule has 2 aromatic heterocycles. The van der Waals surface area contributed by atoms with Crippen molar-refractivity contribution in [2.75, 3.05) is 11.1 Å². The molecule has 0 saturated heterocycles. The Labute approximate surface area is 171 Å². The lowest BCUT2D eigenvalue weighted by Crippen LogP contribution is -2.21. The second-order valence-electron chi connectivity index (χ2n) is 7.56. The number of carbonyl (C=O) groups is 1. The number of rotatable bonds is 3. The van der Waals surface area contributed by atoms with Crippen molar-refractivity contribution in [3.63, 3.8) is 0 Å². The number of carbonyl (C=O) groups excluding carboxylic acids is 1. The molecule has 0 unspecified atom stereocenters. The number of para-hydroxylation sites is 2. The van der Waals surface area contributed by atoms with Crippen LogP contribution in [0.15, 0.2) is 53.5 Å². The van der Waals surface area contributed by atoms with E-state index in [9.17, 15) is 9.59 Å². The van der Waals surface area contributed by atoms with E-state index < -0.39 is 0 Å². The Bertz CT molecular complexity index is 1440. The van der Waals surface area contributed by atoms with Crippen LogP contribution in [0, 0.1) is 23.2 Å². The number of nitrogens with two attached hydrogens (primary N) is 1. The molecule has 0 aliphatic heterocycles. The first kappa shape index (κ1) is 17.9. The molecule has 1 amide bonds. The van der Waals surface area contributed by atoms with Crippen LogP contribution in [-0.2, 0) is 11.8 Å². The molecule has 8 nitrogen and oxygen atoms in total. The molecule has 0 spiro atoms. The number of pyridine rings is 1. The summed E-state index contributed by atoms with van der Waals surface area (Å²) in [6, 6.07) is 15.0. The van der Waals surface area contributed by atoms with E-state index in [1.807, 2.05) is 30.3 Å². The number of aromatic nitrogens is 3. The van der Waals surface area contributed by atoms with Gasteiger partial charge in [-0.15, -0.1) is 0 Å². The Morgan fingerprint density at radius 3 is 2.77 bits per heavy atom. The topological polar surface area (TPSA) is 119 Å². The summed E-state index contributed by atoms with van der Waals surface area (Å²) in [5.74, 6) is -0.315. The maximum Gasteiger partial charge on any atom is 0.333 e. The van der Waals surface area contributed by atoms with Crippen LogP contribution in [0.25, 0.3) is 27.5 Å². The van der Waals surface area contributed by atoms with E-state index in [1.54, 1.807) is 34.5 Å². The van der Waals surface area contributed by atoms with Gasteiger partial charge in [0.2, 0.25) is 5.91 Å². The van der Waals surface area contributed by atoms with Gasteiger partial charge in [-0.05, 0) is 42.1 Å². The zero-order chi connectivity index (χ0) is 21.0. The van der Waals surface area contributed by atoms with E-state index in [1.165, 1.54) is 0 Å². The third kappa shape index (κ3) is 2.71. The monoisotopic (exact) mass is 398 g/mol. The summed E-state index contributed by atoms with van der Waals surface area (Å²) in [4.78, 5) is 29.4. The summed E-state index contributed by atoms with van der Waals surface area (Å²) in [6.07, 6.45) is 2.18. The van der Waals surface area contributed by atoms with Crippen LogP contribution in [0.1, 0.15) is 6.42 Å². The van der Waals surface area contributed by atoms with E-state index >= 15 is 0 Å². The maximum absolute atomic E-state index is 12.9. The van der Waals surface area contributed by atoms with Gasteiger partial charge in [0.05, 0.1) is 34.6 Å². The predicted molar refractivity (Wildman–Crippen MR) is 114 cm³/mol. The first-order chi connectivity index (χ1) is 14.5. The van der Waals surface area contributed by atoms with E-state index in [0.717, 1.165) is 21.8 Å². The van der Waals surface area contributed by atoms with Crippen molar-refractivity contribution < 1.29 is 4.79 Å². The molecule has 3 N–H and O–H groups in total. The van der Waals surface area contributed by atoms with Crippen molar-refractivity contribution in [1.29, 1.82) is 5.26 Å². The fourth-order valence-electron chi connectivity index (χ4n) is 3.86. The molecule has 1 saturated carbocycles. The highest BCUT2D eigenvalue weighted by molar-refractivity contribution is 5.99. The number of hydrogen-bond donors (Lipinski definition) is 2. The van der Waals surface area contributed by atoms with Crippen molar-refractivity contribution in [2.45, 2.75) is 6.42 Å². The normalized spacial score (nSPS) is 17.7. The molecule has 30 heavy (non-hydrogen) atoms. The molecule has 8 heteroatoms. The average molecular weight is 398 g/mol. The number of nitrogens with zero attached hydrogens (tertiary/aromatic N) is 4. The van der Waals surface area contributed by atoms with Crippen molar-refractivity contribution in [3.8, 4) is 11.8 Å². The predicted octanol–water partition coefficient (Wildman–Crippen LogP) is 2.56. The number of nitriles is 1. The van der Waals surface area contributed by atoms with Gasteiger partial charge in [-0.3, -0.25) is 13.9 Å². The van der Waals surface area contributed by atoms with Crippen LogP contribution in [0.2, 0.25) is 0 Å². The van der Waals surface area contributed by atoms with Gasteiger partial charge in [-0.1, -0.05) is 12.1 Å². The quantitative estimate of drug-likeness (QED) is 0.514. The molecule has 2 aromatic carbocycles. The van der Waals surface area contributed by atoms with Crippen LogP contribution >= 0.6 is 0 Å². The van der Waals surface area contributed by atoms with Crippen LogP contribution in [0.4, 0.5) is 11.5 Å². The van der Waals surface area contributed by atoms with Gasteiger partial charge in [-0.2, -0.15) is 5.26 Å². The minimum atomic E-state index is -0.279. The zero-order valence-electron chi connectivity index (χ0n) is 16.2. The van der Waals surface area contributed by atoms with Crippen molar-refractivity contribution >= 4 is 39.2 Å². The molecule has 1 aliphatic carbocycles.